The third kappa shape index (κ3) is 4.79. The summed E-state index contributed by atoms with van der Waals surface area (Å²) in [6.07, 6.45) is 0. The molecule has 150 valence electrons. The second kappa shape index (κ2) is 8.42. The first kappa shape index (κ1) is 20.5. The number of aromatic amines is 1. The van der Waals surface area contributed by atoms with Crippen molar-refractivity contribution in [2.24, 2.45) is 5.73 Å². The number of aryl methyl sites for hydroxylation is 1. The van der Waals surface area contributed by atoms with Gasteiger partial charge in [-0.05, 0) is 48.9 Å². The van der Waals surface area contributed by atoms with Crippen molar-refractivity contribution < 1.29 is 19.1 Å². The number of anilines is 1. The van der Waals surface area contributed by atoms with E-state index in [0.29, 0.717) is 32.9 Å². The zero-order valence-corrected chi connectivity index (χ0v) is 16.6. The molecule has 0 aliphatic heterocycles. The van der Waals surface area contributed by atoms with Gasteiger partial charge in [0.05, 0.1) is 5.02 Å². The second-order valence-corrected chi connectivity index (χ2v) is 6.95. The summed E-state index contributed by atoms with van der Waals surface area (Å²) in [6.45, 7) is 1.39. The number of hydrogen-bond acceptors (Lipinski definition) is 4. The minimum Gasteiger partial charge on any atom is -0.484 e. The lowest BCUT2D eigenvalue weighted by atomic mass is 10.2. The van der Waals surface area contributed by atoms with Crippen molar-refractivity contribution in [3.63, 3.8) is 0 Å². The van der Waals surface area contributed by atoms with Crippen molar-refractivity contribution in [3.05, 3.63) is 57.7 Å². The number of aromatic nitrogens is 1. The van der Waals surface area contributed by atoms with E-state index in [2.05, 4.69) is 10.3 Å². The van der Waals surface area contributed by atoms with Crippen LogP contribution >= 0.6 is 23.2 Å². The fraction of sp³-hybridized carbons (Fsp3) is 0.105. The van der Waals surface area contributed by atoms with Gasteiger partial charge in [-0.3, -0.25) is 14.9 Å². The summed E-state index contributed by atoms with van der Waals surface area (Å²) < 4.78 is 5.29. The van der Waals surface area contributed by atoms with Crippen LogP contribution in [0.5, 0.6) is 5.75 Å². The van der Waals surface area contributed by atoms with Crippen LogP contribution < -0.4 is 21.1 Å². The molecule has 2 aromatic carbocycles. The average Bonchev–Trinajstić information content (AvgIpc) is 2.98. The number of rotatable bonds is 5. The predicted molar refractivity (Wildman–Crippen MR) is 111 cm³/mol. The number of amides is 4. The van der Waals surface area contributed by atoms with Gasteiger partial charge < -0.3 is 20.8 Å². The average molecular weight is 435 g/mol. The third-order valence-electron chi connectivity index (χ3n) is 4.00. The monoisotopic (exact) mass is 434 g/mol. The molecule has 0 saturated heterocycles. The molecular formula is C19H16Cl2N4O4. The number of carbonyl (C=O) groups is 3. The van der Waals surface area contributed by atoms with E-state index >= 15 is 0 Å². The predicted octanol–water partition coefficient (Wildman–Crippen LogP) is 3.61. The number of imide groups is 1. The van der Waals surface area contributed by atoms with Crippen LogP contribution in [0, 0.1) is 6.92 Å². The number of fused-ring (bicyclic) bond motifs is 1. The number of benzene rings is 2. The number of nitrogens with two attached hydrogens (primary N) is 1. The van der Waals surface area contributed by atoms with Crippen molar-refractivity contribution in [3.8, 4) is 5.75 Å². The van der Waals surface area contributed by atoms with Gasteiger partial charge in [0.25, 0.3) is 11.8 Å². The lowest BCUT2D eigenvalue weighted by molar-refractivity contribution is -0.121. The zero-order valence-electron chi connectivity index (χ0n) is 15.1. The first-order valence-electron chi connectivity index (χ1n) is 8.35. The van der Waals surface area contributed by atoms with Crippen LogP contribution in [0.25, 0.3) is 10.9 Å². The van der Waals surface area contributed by atoms with Crippen LogP contribution in [-0.4, -0.2) is 29.4 Å². The van der Waals surface area contributed by atoms with Gasteiger partial charge in [0.2, 0.25) is 0 Å². The van der Waals surface area contributed by atoms with Gasteiger partial charge >= 0.3 is 6.03 Å². The molecule has 0 saturated carbocycles. The molecule has 4 amide bonds. The topological polar surface area (TPSA) is 126 Å². The maximum Gasteiger partial charge on any atom is 0.318 e. The minimum absolute atomic E-state index is 0.215. The smallest absolute Gasteiger partial charge is 0.318 e. The van der Waals surface area contributed by atoms with Crippen LogP contribution in [0.15, 0.2) is 36.4 Å². The van der Waals surface area contributed by atoms with Gasteiger partial charge in [-0.25, -0.2) is 4.79 Å². The Bertz CT molecular complexity index is 1130. The molecule has 0 fully saturated rings. The van der Waals surface area contributed by atoms with E-state index in [-0.39, 0.29) is 17.3 Å². The molecular weight excluding hydrogens is 419 g/mol. The maximum absolute atomic E-state index is 12.7. The highest BCUT2D eigenvalue weighted by atomic mass is 35.5. The molecule has 0 unspecified atom stereocenters. The van der Waals surface area contributed by atoms with Crippen LogP contribution in [-0.2, 0) is 4.79 Å². The molecule has 0 bridgehead atoms. The molecule has 0 aliphatic carbocycles. The quantitative estimate of drug-likeness (QED) is 0.488. The highest BCUT2D eigenvalue weighted by molar-refractivity contribution is 6.40. The SMILES string of the molecule is Cc1cc(OCC(=O)NC(N)=O)ccc1NC(=O)c1[nH]c2ccc(Cl)cc2c1Cl. The van der Waals surface area contributed by atoms with Gasteiger partial charge in [-0.2, -0.15) is 0 Å². The molecule has 29 heavy (non-hydrogen) atoms. The second-order valence-electron chi connectivity index (χ2n) is 6.14. The Labute approximate surface area is 175 Å². The summed E-state index contributed by atoms with van der Waals surface area (Å²) in [5.74, 6) is -0.695. The Balaban J connectivity index is 1.72. The van der Waals surface area contributed by atoms with E-state index in [1.807, 2.05) is 5.32 Å². The summed E-state index contributed by atoms with van der Waals surface area (Å²) in [5, 5.41) is 6.12. The van der Waals surface area contributed by atoms with Gasteiger partial charge in [0.1, 0.15) is 11.4 Å². The van der Waals surface area contributed by atoms with E-state index in [1.165, 1.54) is 0 Å². The molecule has 3 rings (SSSR count). The highest BCUT2D eigenvalue weighted by Crippen LogP contribution is 2.30. The minimum atomic E-state index is -0.953. The molecule has 0 atom stereocenters. The number of hydrogen-bond donors (Lipinski definition) is 4. The number of carbonyl (C=O) groups excluding carboxylic acids is 3. The Morgan fingerprint density at radius 2 is 1.90 bits per heavy atom. The molecule has 8 nitrogen and oxygen atoms in total. The number of H-pyrrole nitrogens is 1. The van der Waals surface area contributed by atoms with E-state index in [4.69, 9.17) is 33.7 Å². The molecule has 3 aromatic rings. The lowest BCUT2D eigenvalue weighted by Gasteiger charge is -2.11. The van der Waals surface area contributed by atoms with Crippen LogP contribution in [0.3, 0.4) is 0 Å². The molecule has 0 radical (unpaired) electrons. The zero-order chi connectivity index (χ0) is 21.1. The number of halogens is 2. The normalized spacial score (nSPS) is 10.6. The van der Waals surface area contributed by atoms with E-state index in [1.54, 1.807) is 43.3 Å². The van der Waals surface area contributed by atoms with Gasteiger partial charge in [-0.1, -0.05) is 23.2 Å². The Hall–Kier alpha value is -3.23. The summed E-state index contributed by atoms with van der Waals surface area (Å²) in [7, 11) is 0. The Morgan fingerprint density at radius 1 is 1.14 bits per heavy atom. The Kier molecular flexibility index (Phi) is 5.95. The number of nitrogens with one attached hydrogen (secondary N) is 3. The van der Waals surface area contributed by atoms with Crippen molar-refractivity contribution in [2.45, 2.75) is 6.92 Å². The standard InChI is InChI=1S/C19H16Cl2N4O4/c1-9-6-11(29-8-15(26)25-19(22)28)3-5-13(9)24-18(27)17-16(21)12-7-10(20)2-4-14(12)23-17/h2-7,23H,8H2,1H3,(H,24,27)(H3,22,25,26,28). The molecule has 0 spiro atoms. The summed E-state index contributed by atoms with van der Waals surface area (Å²) in [6, 6.07) is 9.01. The van der Waals surface area contributed by atoms with Crippen LogP contribution in [0.4, 0.5) is 10.5 Å². The van der Waals surface area contributed by atoms with Crippen molar-refractivity contribution in [1.29, 1.82) is 0 Å². The Morgan fingerprint density at radius 3 is 2.59 bits per heavy atom. The van der Waals surface area contributed by atoms with Gasteiger partial charge in [-0.15, -0.1) is 0 Å². The first-order chi connectivity index (χ1) is 13.7. The molecule has 1 heterocycles. The number of urea groups is 1. The van der Waals surface area contributed by atoms with E-state index < -0.39 is 17.8 Å². The summed E-state index contributed by atoms with van der Waals surface area (Å²) >= 11 is 12.3. The largest absolute Gasteiger partial charge is 0.484 e. The van der Waals surface area contributed by atoms with Gasteiger partial charge in [0, 0.05) is 21.6 Å². The molecule has 1 aromatic heterocycles. The van der Waals surface area contributed by atoms with Crippen molar-refractivity contribution in [1.82, 2.24) is 10.3 Å². The lowest BCUT2D eigenvalue weighted by Crippen LogP contribution is -2.38. The molecule has 10 heteroatoms. The maximum atomic E-state index is 12.7. The van der Waals surface area contributed by atoms with Crippen molar-refractivity contribution >= 4 is 57.6 Å². The summed E-state index contributed by atoms with van der Waals surface area (Å²) in [4.78, 5) is 37.6. The molecule has 5 N–H and O–H groups in total. The van der Waals surface area contributed by atoms with E-state index in [0.717, 1.165) is 0 Å². The number of ether oxygens (including phenoxy) is 1. The van der Waals surface area contributed by atoms with Gasteiger partial charge in [0.15, 0.2) is 6.61 Å². The highest BCUT2D eigenvalue weighted by Gasteiger charge is 2.17. The number of primary amides is 1. The fourth-order valence-electron chi connectivity index (χ4n) is 2.66. The summed E-state index contributed by atoms with van der Waals surface area (Å²) in [5.41, 5.74) is 7.00. The van der Waals surface area contributed by atoms with Crippen LogP contribution in [0.2, 0.25) is 10.0 Å². The third-order valence-corrected chi connectivity index (χ3v) is 4.63. The van der Waals surface area contributed by atoms with E-state index in [9.17, 15) is 14.4 Å². The van der Waals surface area contributed by atoms with Crippen LogP contribution in [0.1, 0.15) is 16.1 Å². The fourth-order valence-corrected chi connectivity index (χ4v) is 3.12. The first-order valence-corrected chi connectivity index (χ1v) is 9.11. The van der Waals surface area contributed by atoms with Crippen molar-refractivity contribution in [2.75, 3.05) is 11.9 Å². The molecule has 0 aliphatic rings.